The summed E-state index contributed by atoms with van der Waals surface area (Å²) in [7, 11) is 0. The van der Waals surface area contributed by atoms with Crippen molar-refractivity contribution < 1.29 is 17.6 Å². The average Bonchev–Trinajstić information content (AvgIpc) is 2.37. The van der Waals surface area contributed by atoms with Crippen molar-refractivity contribution >= 4 is 17.3 Å². The summed E-state index contributed by atoms with van der Waals surface area (Å²) >= 11 is 5.59. The molecule has 6 heteroatoms. The van der Waals surface area contributed by atoms with Gasteiger partial charge in [0, 0.05) is 19.0 Å². The first-order valence-electron chi connectivity index (χ1n) is 6.08. The van der Waals surface area contributed by atoms with Gasteiger partial charge in [0.05, 0.1) is 11.6 Å². The van der Waals surface area contributed by atoms with Gasteiger partial charge in [0.15, 0.2) is 0 Å². The smallest absolute Gasteiger partial charge is 0.369 e. The molecule has 1 fully saturated rings. The van der Waals surface area contributed by atoms with E-state index in [9.17, 15) is 17.6 Å². The average molecular weight is 296 g/mol. The highest BCUT2D eigenvalue weighted by Crippen LogP contribution is 2.35. The van der Waals surface area contributed by atoms with Gasteiger partial charge >= 0.3 is 6.18 Å². The van der Waals surface area contributed by atoms with Crippen molar-refractivity contribution in [1.29, 1.82) is 0 Å². The highest BCUT2D eigenvalue weighted by atomic mass is 35.5. The van der Waals surface area contributed by atoms with E-state index in [0.717, 1.165) is 0 Å². The van der Waals surface area contributed by atoms with Crippen LogP contribution in [-0.2, 0) is 5.88 Å². The molecule has 0 radical (unpaired) electrons. The van der Waals surface area contributed by atoms with Crippen LogP contribution in [0.4, 0.5) is 23.2 Å². The maximum Gasteiger partial charge on any atom is 0.393 e. The van der Waals surface area contributed by atoms with Gasteiger partial charge in [0.25, 0.3) is 0 Å². The van der Waals surface area contributed by atoms with Gasteiger partial charge in [0.1, 0.15) is 5.82 Å². The zero-order chi connectivity index (χ0) is 14.0. The largest absolute Gasteiger partial charge is 0.393 e. The summed E-state index contributed by atoms with van der Waals surface area (Å²) in [5.74, 6) is -1.71. The normalized spacial score (nSPS) is 20.7. The van der Waals surface area contributed by atoms with Gasteiger partial charge in [-0.1, -0.05) is 6.07 Å². The van der Waals surface area contributed by atoms with Crippen molar-refractivity contribution in [2.75, 3.05) is 18.0 Å². The van der Waals surface area contributed by atoms with Crippen LogP contribution >= 0.6 is 11.6 Å². The van der Waals surface area contributed by atoms with Gasteiger partial charge < -0.3 is 4.90 Å². The van der Waals surface area contributed by atoms with Gasteiger partial charge in [-0.25, -0.2) is 4.39 Å². The molecule has 1 atom stereocenters. The highest BCUT2D eigenvalue weighted by molar-refractivity contribution is 6.17. The molecule has 1 aromatic carbocycles. The van der Waals surface area contributed by atoms with Crippen molar-refractivity contribution in [3.05, 3.63) is 29.6 Å². The zero-order valence-corrected chi connectivity index (χ0v) is 10.9. The van der Waals surface area contributed by atoms with Crippen molar-refractivity contribution in [3.63, 3.8) is 0 Å². The molecule has 106 valence electrons. The number of nitrogens with zero attached hydrogens (tertiary/aromatic N) is 1. The van der Waals surface area contributed by atoms with Crippen LogP contribution in [0.25, 0.3) is 0 Å². The number of alkyl halides is 4. The van der Waals surface area contributed by atoms with Crippen molar-refractivity contribution in [2.45, 2.75) is 24.9 Å². The van der Waals surface area contributed by atoms with Crippen molar-refractivity contribution in [2.24, 2.45) is 5.92 Å². The molecule has 0 N–H and O–H groups in total. The molecule has 0 saturated carbocycles. The SMILES string of the molecule is Fc1cc(CCl)ccc1N1CCCC(C(F)(F)F)C1. The van der Waals surface area contributed by atoms with Gasteiger partial charge in [-0.05, 0) is 30.5 Å². The molecule has 0 aromatic heterocycles. The van der Waals surface area contributed by atoms with Crippen LogP contribution in [0.5, 0.6) is 0 Å². The Morgan fingerprint density at radius 3 is 2.63 bits per heavy atom. The third-order valence-corrected chi connectivity index (χ3v) is 3.70. The number of rotatable bonds is 2. The first-order chi connectivity index (χ1) is 8.91. The summed E-state index contributed by atoms with van der Waals surface area (Å²) < 4.78 is 52.0. The Labute approximate surface area is 114 Å². The molecule has 1 heterocycles. The molecule has 0 bridgehead atoms. The summed E-state index contributed by atoms with van der Waals surface area (Å²) in [6.45, 7) is 0.268. The standard InChI is InChI=1S/C13H14ClF4N/c14-7-9-3-4-12(11(15)6-9)19-5-1-2-10(8-19)13(16,17)18/h3-4,6,10H,1-2,5,7-8H2. The summed E-state index contributed by atoms with van der Waals surface area (Å²) in [4.78, 5) is 1.47. The van der Waals surface area contributed by atoms with E-state index in [1.165, 1.54) is 17.0 Å². The Kier molecular flexibility index (Phi) is 4.23. The fourth-order valence-corrected chi connectivity index (χ4v) is 2.52. The fourth-order valence-electron chi connectivity index (χ4n) is 2.35. The predicted molar refractivity (Wildman–Crippen MR) is 66.9 cm³/mol. The molecule has 0 aliphatic carbocycles. The lowest BCUT2D eigenvalue weighted by Gasteiger charge is -2.35. The minimum absolute atomic E-state index is 0.112. The van der Waals surface area contributed by atoms with Crippen LogP contribution in [-0.4, -0.2) is 19.3 Å². The fraction of sp³-hybridized carbons (Fsp3) is 0.538. The molecular formula is C13H14ClF4N. The molecule has 1 aliphatic heterocycles. The highest BCUT2D eigenvalue weighted by Gasteiger charge is 2.42. The van der Waals surface area contributed by atoms with Crippen LogP contribution in [0.2, 0.25) is 0 Å². The summed E-state index contributed by atoms with van der Waals surface area (Å²) in [6, 6.07) is 4.42. The lowest BCUT2D eigenvalue weighted by molar-refractivity contribution is -0.176. The van der Waals surface area contributed by atoms with E-state index in [2.05, 4.69) is 0 Å². The first kappa shape index (κ1) is 14.4. The second kappa shape index (κ2) is 5.57. The van der Waals surface area contributed by atoms with E-state index in [0.29, 0.717) is 18.5 Å². The number of anilines is 1. The second-order valence-electron chi connectivity index (χ2n) is 4.75. The Bertz CT molecular complexity index is 447. The molecule has 1 unspecified atom stereocenters. The summed E-state index contributed by atoms with van der Waals surface area (Å²) in [5.41, 5.74) is 0.843. The van der Waals surface area contributed by atoms with Crippen LogP contribution < -0.4 is 4.90 Å². The zero-order valence-electron chi connectivity index (χ0n) is 10.2. The van der Waals surface area contributed by atoms with E-state index in [4.69, 9.17) is 11.6 Å². The van der Waals surface area contributed by atoms with Gasteiger partial charge in [-0.3, -0.25) is 0 Å². The molecule has 0 spiro atoms. The lowest BCUT2D eigenvalue weighted by atomic mass is 9.97. The van der Waals surface area contributed by atoms with E-state index in [-0.39, 0.29) is 24.5 Å². The van der Waals surface area contributed by atoms with Gasteiger partial charge in [0.2, 0.25) is 0 Å². The number of benzene rings is 1. The van der Waals surface area contributed by atoms with E-state index in [1.807, 2.05) is 0 Å². The third-order valence-electron chi connectivity index (χ3n) is 3.39. The van der Waals surface area contributed by atoms with Gasteiger partial charge in [-0.2, -0.15) is 13.2 Å². The predicted octanol–water partition coefficient (Wildman–Crippen LogP) is 4.34. The summed E-state index contributed by atoms with van der Waals surface area (Å²) in [6.07, 6.45) is -3.69. The van der Waals surface area contributed by atoms with E-state index in [1.54, 1.807) is 6.07 Å². The molecule has 19 heavy (non-hydrogen) atoms. The number of halogens is 5. The Balaban J connectivity index is 2.17. The number of piperidine rings is 1. The molecule has 1 aromatic rings. The van der Waals surface area contributed by atoms with E-state index >= 15 is 0 Å². The Morgan fingerprint density at radius 2 is 2.05 bits per heavy atom. The quantitative estimate of drug-likeness (QED) is 0.579. The van der Waals surface area contributed by atoms with Gasteiger partial charge in [-0.15, -0.1) is 11.6 Å². The Hall–Kier alpha value is -0.970. The van der Waals surface area contributed by atoms with Crippen LogP contribution in [0.1, 0.15) is 18.4 Å². The minimum atomic E-state index is -4.22. The monoisotopic (exact) mass is 295 g/mol. The Morgan fingerprint density at radius 1 is 1.32 bits per heavy atom. The molecule has 1 saturated heterocycles. The molecular weight excluding hydrogens is 282 g/mol. The third kappa shape index (κ3) is 3.32. The first-order valence-corrected chi connectivity index (χ1v) is 6.61. The molecule has 1 aliphatic rings. The minimum Gasteiger partial charge on any atom is -0.369 e. The van der Waals surface area contributed by atoms with E-state index < -0.39 is 17.9 Å². The van der Waals surface area contributed by atoms with Crippen molar-refractivity contribution in [1.82, 2.24) is 0 Å². The molecule has 1 nitrogen and oxygen atoms in total. The molecule has 0 amide bonds. The molecule has 2 rings (SSSR count). The maximum atomic E-state index is 13.9. The number of hydrogen-bond donors (Lipinski definition) is 0. The second-order valence-corrected chi connectivity index (χ2v) is 5.01. The van der Waals surface area contributed by atoms with Crippen LogP contribution in [0, 0.1) is 11.7 Å². The lowest BCUT2D eigenvalue weighted by Crippen LogP contribution is -2.42. The van der Waals surface area contributed by atoms with Crippen molar-refractivity contribution in [3.8, 4) is 0 Å². The number of hydrogen-bond acceptors (Lipinski definition) is 1. The van der Waals surface area contributed by atoms with Crippen LogP contribution in [0.15, 0.2) is 18.2 Å². The topological polar surface area (TPSA) is 3.24 Å². The van der Waals surface area contributed by atoms with Crippen LogP contribution in [0.3, 0.4) is 0 Å². The maximum absolute atomic E-state index is 13.9. The summed E-state index contributed by atoms with van der Waals surface area (Å²) in [5, 5.41) is 0.